The van der Waals surface area contributed by atoms with Crippen LogP contribution in [0.1, 0.15) is 13.8 Å². The van der Waals surface area contributed by atoms with E-state index in [4.69, 9.17) is 9.05 Å². The van der Waals surface area contributed by atoms with Gasteiger partial charge in [0.05, 0.1) is 29.6 Å². The van der Waals surface area contributed by atoms with Gasteiger partial charge in [0.1, 0.15) is 0 Å². The van der Waals surface area contributed by atoms with Crippen LogP contribution in [0, 0.1) is 0 Å². The van der Waals surface area contributed by atoms with Gasteiger partial charge in [0.2, 0.25) is 0 Å². The van der Waals surface area contributed by atoms with E-state index in [1.807, 2.05) is 0 Å². The van der Waals surface area contributed by atoms with Gasteiger partial charge in [-0.3, -0.25) is 14.5 Å². The average Bonchev–Trinajstić information content (AvgIpc) is 2.39. The molecule has 0 aliphatic heterocycles. The van der Waals surface area contributed by atoms with E-state index in [0.29, 0.717) is 24.0 Å². The summed E-state index contributed by atoms with van der Waals surface area (Å²) < 4.78 is 23.1. The molecule has 96 valence electrons. The van der Waals surface area contributed by atoms with Crippen molar-refractivity contribution >= 4 is 23.9 Å². The summed E-state index contributed by atoms with van der Waals surface area (Å²) in [5.74, 6) is 0. The number of rotatable bonds is 5. The smallest absolute Gasteiger partial charge is 0.305 e. The quantitative estimate of drug-likeness (QED) is 0.778. The Kier molecular flexibility index (Phi) is 4.07. The first-order chi connectivity index (χ1) is 8.69. The highest BCUT2D eigenvalue weighted by molar-refractivity contribution is 7.62. The lowest BCUT2D eigenvalue weighted by Gasteiger charge is -2.17. The largest absolute Gasteiger partial charge is 0.361 e. The number of aromatic nitrogens is 2. The summed E-state index contributed by atoms with van der Waals surface area (Å²) in [6.07, 6.45) is 3.21. The second-order valence-corrected chi connectivity index (χ2v) is 5.59. The Morgan fingerprint density at radius 2 is 1.67 bits per heavy atom. The summed E-state index contributed by atoms with van der Waals surface area (Å²) in [6, 6.07) is 5.18. The Morgan fingerprint density at radius 3 is 2.28 bits per heavy atom. The molecule has 0 radical (unpaired) electrons. The molecule has 0 fully saturated rings. The summed E-state index contributed by atoms with van der Waals surface area (Å²) in [7, 11) is -3.24. The Balaban J connectivity index is 2.47. The maximum atomic E-state index is 12.6. The number of hydrogen-bond donors (Lipinski definition) is 0. The predicted molar refractivity (Wildman–Crippen MR) is 70.0 cm³/mol. The van der Waals surface area contributed by atoms with E-state index in [2.05, 4.69) is 9.97 Å². The third-order valence-electron chi connectivity index (χ3n) is 2.37. The summed E-state index contributed by atoms with van der Waals surface area (Å²) >= 11 is 0. The molecule has 18 heavy (non-hydrogen) atoms. The topological polar surface area (TPSA) is 61.3 Å². The molecular weight excluding hydrogens is 251 g/mol. The Morgan fingerprint density at radius 1 is 1.06 bits per heavy atom. The zero-order valence-electron chi connectivity index (χ0n) is 10.4. The molecule has 0 atom stereocenters. The van der Waals surface area contributed by atoms with Crippen LogP contribution in [-0.2, 0) is 13.6 Å². The van der Waals surface area contributed by atoms with Crippen molar-refractivity contribution in [1.29, 1.82) is 0 Å². The van der Waals surface area contributed by atoms with Crippen LogP contribution >= 0.6 is 7.60 Å². The molecular formula is C12H15N2O3P. The molecule has 0 bridgehead atoms. The number of hydrogen-bond acceptors (Lipinski definition) is 5. The fraction of sp³-hybridized carbons (Fsp3) is 0.333. The molecule has 0 N–H and O–H groups in total. The molecule has 0 unspecified atom stereocenters. The van der Waals surface area contributed by atoms with E-state index in [1.165, 1.54) is 0 Å². The van der Waals surface area contributed by atoms with Crippen molar-refractivity contribution < 1.29 is 13.6 Å². The first kappa shape index (κ1) is 13.1. The van der Waals surface area contributed by atoms with E-state index in [-0.39, 0.29) is 0 Å². The van der Waals surface area contributed by atoms with Crippen LogP contribution in [0.2, 0.25) is 0 Å². The fourth-order valence-corrected chi connectivity index (χ4v) is 3.24. The van der Waals surface area contributed by atoms with Crippen molar-refractivity contribution in [3.63, 3.8) is 0 Å². The molecule has 0 aliphatic rings. The standard InChI is InChI=1S/C12H15N2O3P/c1-3-16-18(15,17-4-2)10-5-6-11-12(9-10)14-8-7-13-11/h5-9H,3-4H2,1-2H3. The van der Waals surface area contributed by atoms with Gasteiger partial charge >= 0.3 is 7.60 Å². The molecule has 0 saturated heterocycles. The maximum absolute atomic E-state index is 12.6. The van der Waals surface area contributed by atoms with E-state index >= 15 is 0 Å². The minimum Gasteiger partial charge on any atom is -0.305 e. The van der Waals surface area contributed by atoms with Crippen molar-refractivity contribution in [1.82, 2.24) is 9.97 Å². The number of nitrogens with zero attached hydrogens (tertiary/aromatic N) is 2. The van der Waals surface area contributed by atoms with Crippen LogP contribution in [0.25, 0.3) is 11.0 Å². The molecule has 2 aromatic rings. The monoisotopic (exact) mass is 266 g/mol. The SMILES string of the molecule is CCOP(=O)(OCC)c1ccc2nccnc2c1. The van der Waals surface area contributed by atoms with Crippen molar-refractivity contribution in [3.8, 4) is 0 Å². The highest BCUT2D eigenvalue weighted by Crippen LogP contribution is 2.46. The first-order valence-electron chi connectivity index (χ1n) is 5.80. The predicted octanol–water partition coefficient (Wildman–Crippen LogP) is 2.52. The van der Waals surface area contributed by atoms with Crippen LogP contribution in [0.3, 0.4) is 0 Å². The van der Waals surface area contributed by atoms with Crippen LogP contribution < -0.4 is 5.30 Å². The first-order valence-corrected chi connectivity index (χ1v) is 7.34. The zero-order valence-corrected chi connectivity index (χ0v) is 11.3. The van der Waals surface area contributed by atoms with Crippen LogP contribution in [0.15, 0.2) is 30.6 Å². The number of fused-ring (bicyclic) bond motifs is 1. The van der Waals surface area contributed by atoms with Crippen molar-refractivity contribution in [3.05, 3.63) is 30.6 Å². The van der Waals surface area contributed by atoms with Crippen molar-refractivity contribution in [2.24, 2.45) is 0 Å². The molecule has 0 saturated carbocycles. The molecule has 2 rings (SSSR count). The summed E-state index contributed by atoms with van der Waals surface area (Å²) in [5.41, 5.74) is 1.43. The van der Waals surface area contributed by atoms with Crippen LogP contribution in [0.5, 0.6) is 0 Å². The number of benzene rings is 1. The zero-order chi connectivity index (χ0) is 13.0. The fourth-order valence-electron chi connectivity index (χ4n) is 1.65. The molecule has 0 spiro atoms. The third-order valence-corrected chi connectivity index (χ3v) is 4.47. The van der Waals surface area contributed by atoms with Crippen molar-refractivity contribution in [2.75, 3.05) is 13.2 Å². The van der Waals surface area contributed by atoms with E-state index < -0.39 is 7.60 Å². The van der Waals surface area contributed by atoms with Gasteiger partial charge in [0.15, 0.2) is 0 Å². The maximum Gasteiger partial charge on any atom is 0.361 e. The van der Waals surface area contributed by atoms with Crippen molar-refractivity contribution in [2.45, 2.75) is 13.8 Å². The minimum absolute atomic E-state index is 0.329. The molecule has 6 heteroatoms. The second kappa shape index (κ2) is 5.57. The van der Waals surface area contributed by atoms with Gasteiger partial charge in [-0.25, -0.2) is 0 Å². The van der Waals surface area contributed by atoms with Gasteiger partial charge in [0.25, 0.3) is 0 Å². The van der Waals surface area contributed by atoms with E-state index in [1.54, 1.807) is 44.4 Å². The second-order valence-electron chi connectivity index (χ2n) is 3.56. The summed E-state index contributed by atoms with van der Waals surface area (Å²) in [6.45, 7) is 4.23. The third kappa shape index (κ3) is 2.58. The van der Waals surface area contributed by atoms with Gasteiger partial charge in [0, 0.05) is 12.4 Å². The van der Waals surface area contributed by atoms with Gasteiger partial charge in [-0.1, -0.05) is 0 Å². The Bertz CT molecular complexity index is 578. The normalized spacial score (nSPS) is 11.9. The molecule has 1 heterocycles. The summed E-state index contributed by atoms with van der Waals surface area (Å²) in [5, 5.41) is 0.513. The van der Waals surface area contributed by atoms with E-state index in [0.717, 1.165) is 5.52 Å². The van der Waals surface area contributed by atoms with Gasteiger partial charge in [-0.05, 0) is 32.0 Å². The lowest BCUT2D eigenvalue weighted by atomic mass is 10.3. The molecule has 1 aromatic heterocycles. The molecule has 0 aliphatic carbocycles. The van der Waals surface area contributed by atoms with Crippen LogP contribution in [-0.4, -0.2) is 23.2 Å². The van der Waals surface area contributed by atoms with Gasteiger partial charge < -0.3 is 9.05 Å². The van der Waals surface area contributed by atoms with Crippen LogP contribution in [0.4, 0.5) is 0 Å². The Labute approximate surface area is 106 Å². The Hall–Kier alpha value is -1.29. The minimum atomic E-state index is -3.24. The van der Waals surface area contributed by atoms with Gasteiger partial charge in [-0.2, -0.15) is 0 Å². The average molecular weight is 266 g/mol. The van der Waals surface area contributed by atoms with E-state index in [9.17, 15) is 4.57 Å². The lowest BCUT2D eigenvalue weighted by Crippen LogP contribution is -2.10. The summed E-state index contributed by atoms with van der Waals surface area (Å²) in [4.78, 5) is 8.34. The highest BCUT2D eigenvalue weighted by Gasteiger charge is 2.26. The molecule has 1 aromatic carbocycles. The highest BCUT2D eigenvalue weighted by atomic mass is 31.2. The molecule has 0 amide bonds. The lowest BCUT2D eigenvalue weighted by molar-refractivity contribution is 0.230. The van der Waals surface area contributed by atoms with Gasteiger partial charge in [-0.15, -0.1) is 0 Å². The molecule has 5 nitrogen and oxygen atoms in total.